The van der Waals surface area contributed by atoms with Crippen LogP contribution in [0.2, 0.25) is 5.02 Å². The van der Waals surface area contributed by atoms with E-state index in [9.17, 15) is 4.79 Å². The van der Waals surface area contributed by atoms with E-state index in [1.54, 1.807) is 31.1 Å². The number of halogens is 1. The topological polar surface area (TPSA) is 49.6 Å². The number of rotatable bonds is 4. The zero-order valence-corrected chi connectivity index (χ0v) is 12.2. The van der Waals surface area contributed by atoms with E-state index in [4.69, 9.17) is 29.6 Å². The summed E-state index contributed by atoms with van der Waals surface area (Å²) in [5.74, 6) is 0.0204. The maximum Gasteiger partial charge on any atom is 0.241 e. The number of thiocarbonyl (C=S) groups is 1. The monoisotopic (exact) mass is 285 g/mol. The van der Waals surface area contributed by atoms with Gasteiger partial charge < -0.3 is 15.5 Å². The van der Waals surface area contributed by atoms with Crippen LogP contribution in [0.15, 0.2) is 18.2 Å². The molecule has 1 amide bonds. The van der Waals surface area contributed by atoms with E-state index in [0.717, 1.165) is 5.69 Å². The highest BCUT2D eigenvalue weighted by atomic mass is 35.5. The molecule has 0 bridgehead atoms. The van der Waals surface area contributed by atoms with Crippen LogP contribution in [0.1, 0.15) is 5.56 Å². The molecule has 0 saturated carbocycles. The molecule has 2 N–H and O–H groups in total. The van der Waals surface area contributed by atoms with E-state index >= 15 is 0 Å². The lowest BCUT2D eigenvalue weighted by Crippen LogP contribution is -2.34. The number of benzene rings is 1. The molecule has 0 aromatic heterocycles. The molecule has 0 aliphatic heterocycles. The molecule has 0 unspecified atom stereocenters. The Bertz CT molecular complexity index is 476. The van der Waals surface area contributed by atoms with Crippen molar-refractivity contribution in [3.05, 3.63) is 28.8 Å². The lowest BCUT2D eigenvalue weighted by molar-refractivity contribution is -0.127. The van der Waals surface area contributed by atoms with Gasteiger partial charge in [0.25, 0.3) is 0 Å². The van der Waals surface area contributed by atoms with Crippen molar-refractivity contribution in [3.8, 4) is 0 Å². The molecule has 0 spiro atoms. The van der Waals surface area contributed by atoms with Crippen molar-refractivity contribution >= 4 is 40.4 Å². The molecular formula is C12H16ClN3OS. The molecule has 0 aliphatic carbocycles. The van der Waals surface area contributed by atoms with Gasteiger partial charge in [0.2, 0.25) is 5.91 Å². The third kappa shape index (κ3) is 3.58. The maximum absolute atomic E-state index is 11.6. The summed E-state index contributed by atoms with van der Waals surface area (Å²) in [6, 6.07) is 5.35. The van der Waals surface area contributed by atoms with Crippen LogP contribution >= 0.6 is 23.8 Å². The van der Waals surface area contributed by atoms with Crippen LogP contribution in [0.5, 0.6) is 0 Å². The quantitative estimate of drug-likeness (QED) is 0.852. The van der Waals surface area contributed by atoms with Crippen molar-refractivity contribution in [2.45, 2.75) is 0 Å². The highest BCUT2D eigenvalue weighted by Crippen LogP contribution is 2.23. The van der Waals surface area contributed by atoms with Gasteiger partial charge in [0, 0.05) is 32.4 Å². The largest absolute Gasteiger partial charge is 0.389 e. The minimum absolute atomic E-state index is 0.0204. The summed E-state index contributed by atoms with van der Waals surface area (Å²) >= 11 is 11.0. The van der Waals surface area contributed by atoms with Gasteiger partial charge in [-0.2, -0.15) is 0 Å². The van der Waals surface area contributed by atoms with E-state index in [1.807, 2.05) is 18.0 Å². The minimum atomic E-state index is 0.0204. The molecule has 1 aromatic rings. The molecule has 98 valence electrons. The molecule has 1 aromatic carbocycles. The van der Waals surface area contributed by atoms with Gasteiger partial charge in [0.05, 0.1) is 11.6 Å². The number of hydrogen-bond acceptors (Lipinski definition) is 3. The van der Waals surface area contributed by atoms with Gasteiger partial charge in [-0.05, 0) is 18.2 Å². The fourth-order valence-corrected chi connectivity index (χ4v) is 1.89. The molecule has 18 heavy (non-hydrogen) atoms. The first-order chi connectivity index (χ1) is 8.32. The Balaban J connectivity index is 2.88. The third-order valence-electron chi connectivity index (χ3n) is 2.53. The number of amides is 1. The molecule has 0 saturated heterocycles. The number of anilines is 1. The van der Waals surface area contributed by atoms with Gasteiger partial charge >= 0.3 is 0 Å². The molecule has 4 nitrogen and oxygen atoms in total. The average molecular weight is 286 g/mol. The fraction of sp³-hybridized carbons (Fsp3) is 0.333. The van der Waals surface area contributed by atoms with Crippen LogP contribution in [-0.2, 0) is 4.79 Å². The van der Waals surface area contributed by atoms with E-state index in [-0.39, 0.29) is 17.4 Å². The van der Waals surface area contributed by atoms with Crippen LogP contribution in [0.3, 0.4) is 0 Å². The predicted molar refractivity (Wildman–Crippen MR) is 79.3 cm³/mol. The highest BCUT2D eigenvalue weighted by molar-refractivity contribution is 7.80. The van der Waals surface area contributed by atoms with Crippen molar-refractivity contribution < 1.29 is 4.79 Å². The summed E-state index contributed by atoms with van der Waals surface area (Å²) in [6.45, 7) is 0.287. The second kappa shape index (κ2) is 6.02. The van der Waals surface area contributed by atoms with Crippen LogP contribution in [0.4, 0.5) is 5.69 Å². The summed E-state index contributed by atoms with van der Waals surface area (Å²) < 4.78 is 0. The molecule has 0 heterocycles. The van der Waals surface area contributed by atoms with Crippen molar-refractivity contribution in [3.63, 3.8) is 0 Å². The summed E-state index contributed by atoms with van der Waals surface area (Å²) in [7, 11) is 5.27. The van der Waals surface area contributed by atoms with Crippen molar-refractivity contribution in [1.82, 2.24) is 4.90 Å². The van der Waals surface area contributed by atoms with Gasteiger partial charge in [-0.3, -0.25) is 4.79 Å². The number of carbonyl (C=O) groups is 1. The fourth-order valence-electron chi connectivity index (χ4n) is 1.38. The van der Waals surface area contributed by atoms with Crippen LogP contribution < -0.4 is 10.6 Å². The van der Waals surface area contributed by atoms with E-state index in [0.29, 0.717) is 10.6 Å². The summed E-state index contributed by atoms with van der Waals surface area (Å²) in [5, 5.41) is 0.490. The number of nitrogens with two attached hydrogens (primary N) is 1. The Labute approximate surface area is 117 Å². The summed E-state index contributed by atoms with van der Waals surface area (Å²) in [4.78, 5) is 15.2. The first kappa shape index (κ1) is 14.7. The van der Waals surface area contributed by atoms with Crippen LogP contribution in [0, 0.1) is 0 Å². The Morgan fingerprint density at radius 1 is 1.39 bits per heavy atom. The Morgan fingerprint density at radius 2 is 2.00 bits per heavy atom. The molecule has 0 fully saturated rings. The summed E-state index contributed by atoms with van der Waals surface area (Å²) in [5.41, 5.74) is 7.02. The summed E-state index contributed by atoms with van der Waals surface area (Å²) in [6.07, 6.45) is 0. The van der Waals surface area contributed by atoms with Crippen molar-refractivity contribution in [2.75, 3.05) is 32.6 Å². The first-order valence-corrected chi connectivity index (χ1v) is 6.12. The van der Waals surface area contributed by atoms with Gasteiger partial charge in [-0.15, -0.1) is 0 Å². The van der Waals surface area contributed by atoms with Crippen molar-refractivity contribution in [2.24, 2.45) is 5.73 Å². The third-order valence-corrected chi connectivity index (χ3v) is 3.06. The molecule has 0 radical (unpaired) electrons. The first-order valence-electron chi connectivity index (χ1n) is 5.33. The molecule has 0 atom stereocenters. The van der Waals surface area contributed by atoms with E-state index in [1.165, 1.54) is 0 Å². The number of likely N-dealkylation sites (N-methyl/N-ethyl adjacent to an activating group) is 2. The average Bonchev–Trinajstić information content (AvgIpc) is 2.27. The van der Waals surface area contributed by atoms with Crippen LogP contribution in [0.25, 0.3) is 0 Å². The van der Waals surface area contributed by atoms with E-state index < -0.39 is 0 Å². The Hall–Kier alpha value is -1.33. The molecule has 6 heteroatoms. The zero-order valence-electron chi connectivity index (χ0n) is 10.6. The normalized spacial score (nSPS) is 10.0. The highest BCUT2D eigenvalue weighted by Gasteiger charge is 2.11. The second-order valence-corrected chi connectivity index (χ2v) is 5.02. The second-order valence-electron chi connectivity index (χ2n) is 4.17. The van der Waals surface area contributed by atoms with Gasteiger partial charge in [-0.25, -0.2) is 0 Å². The molecule has 0 aliphatic rings. The lowest BCUT2D eigenvalue weighted by atomic mass is 10.2. The van der Waals surface area contributed by atoms with Gasteiger partial charge in [0.1, 0.15) is 4.99 Å². The Kier molecular flexibility index (Phi) is 4.93. The zero-order chi connectivity index (χ0) is 13.9. The Morgan fingerprint density at radius 3 is 2.44 bits per heavy atom. The van der Waals surface area contributed by atoms with Gasteiger partial charge in [-0.1, -0.05) is 23.8 Å². The standard InChI is InChI=1S/C12H16ClN3OS/c1-15(2)11(17)7-16(3)8-4-5-9(12(14)18)10(13)6-8/h4-6H,7H2,1-3H3,(H2,14,18). The molecular weight excluding hydrogens is 270 g/mol. The number of hydrogen-bond donors (Lipinski definition) is 1. The SMILES string of the molecule is CN(C)C(=O)CN(C)c1ccc(C(N)=S)c(Cl)c1. The van der Waals surface area contributed by atoms with Crippen LogP contribution in [-0.4, -0.2) is 43.5 Å². The van der Waals surface area contributed by atoms with E-state index in [2.05, 4.69) is 0 Å². The minimum Gasteiger partial charge on any atom is -0.389 e. The molecule has 1 rings (SSSR count). The lowest BCUT2D eigenvalue weighted by Gasteiger charge is -2.21. The predicted octanol–water partition coefficient (Wildman–Crippen LogP) is 1.50. The maximum atomic E-state index is 11.6. The van der Waals surface area contributed by atoms with Crippen molar-refractivity contribution in [1.29, 1.82) is 0 Å². The number of carbonyl (C=O) groups excluding carboxylic acids is 1. The van der Waals surface area contributed by atoms with Gasteiger partial charge in [0.15, 0.2) is 0 Å². The number of nitrogens with zero attached hydrogens (tertiary/aromatic N) is 2. The smallest absolute Gasteiger partial charge is 0.241 e.